The Bertz CT molecular complexity index is 836. The molecular weight excluding hydrogens is 378 g/mol. The highest BCUT2D eigenvalue weighted by atomic mass is 16.5. The van der Waals surface area contributed by atoms with Gasteiger partial charge in [0.2, 0.25) is 5.91 Å². The predicted octanol–water partition coefficient (Wildman–Crippen LogP) is 2.10. The Morgan fingerprint density at radius 3 is 2.57 bits per heavy atom. The first-order valence-electron chi connectivity index (χ1n) is 10.2. The summed E-state index contributed by atoms with van der Waals surface area (Å²) in [5, 5.41) is 6.68. The highest BCUT2D eigenvalue weighted by Gasteiger charge is 2.23. The highest BCUT2D eigenvalue weighted by Crippen LogP contribution is 2.19. The molecule has 30 heavy (non-hydrogen) atoms. The van der Waals surface area contributed by atoms with Crippen LogP contribution in [0.1, 0.15) is 12.0 Å². The molecule has 0 radical (unpaired) electrons. The predicted molar refractivity (Wildman–Crippen MR) is 121 cm³/mol. The molecule has 1 amide bonds. The largest absolute Gasteiger partial charge is 0.497 e. The maximum absolute atomic E-state index is 12.0. The van der Waals surface area contributed by atoms with Crippen LogP contribution in [0.3, 0.4) is 0 Å². The number of hydrogen-bond donors (Lipinski definition) is 2. The van der Waals surface area contributed by atoms with Gasteiger partial charge in [-0.2, -0.15) is 0 Å². The molecule has 7 heteroatoms. The van der Waals surface area contributed by atoms with Crippen molar-refractivity contribution < 1.29 is 9.53 Å². The number of carbonyl (C=O) groups is 1. The number of nitrogens with one attached hydrogen (secondary N) is 2. The number of para-hydroxylation sites is 1. The highest BCUT2D eigenvalue weighted by molar-refractivity contribution is 5.86. The van der Waals surface area contributed by atoms with Crippen molar-refractivity contribution in [3.63, 3.8) is 0 Å². The maximum atomic E-state index is 12.0. The maximum Gasteiger partial charge on any atom is 0.241 e. The van der Waals surface area contributed by atoms with Gasteiger partial charge < -0.3 is 25.2 Å². The van der Waals surface area contributed by atoms with Crippen LogP contribution in [0, 0.1) is 0 Å². The van der Waals surface area contributed by atoms with Crippen LogP contribution in [0.2, 0.25) is 0 Å². The van der Waals surface area contributed by atoms with E-state index < -0.39 is 0 Å². The number of rotatable bonds is 7. The van der Waals surface area contributed by atoms with Gasteiger partial charge in [0.05, 0.1) is 20.2 Å². The molecule has 0 aliphatic carbocycles. The van der Waals surface area contributed by atoms with Crippen LogP contribution in [-0.2, 0) is 11.3 Å². The van der Waals surface area contributed by atoms with Crippen molar-refractivity contribution in [2.24, 2.45) is 4.99 Å². The third kappa shape index (κ3) is 6.14. The van der Waals surface area contributed by atoms with E-state index in [0.717, 1.165) is 30.8 Å². The SMILES string of the molecule is COc1ccc(CN=C(NCC(=O)N(C)C)NC2CCN(c3ccccc3)C2)cc1. The van der Waals surface area contributed by atoms with Crippen LogP contribution >= 0.6 is 0 Å². The van der Waals surface area contributed by atoms with E-state index in [-0.39, 0.29) is 18.5 Å². The van der Waals surface area contributed by atoms with Crippen molar-refractivity contribution in [2.75, 3.05) is 45.7 Å². The first-order chi connectivity index (χ1) is 14.5. The minimum Gasteiger partial charge on any atom is -0.497 e. The second kappa shape index (κ2) is 10.5. The van der Waals surface area contributed by atoms with Crippen molar-refractivity contribution in [1.82, 2.24) is 15.5 Å². The van der Waals surface area contributed by atoms with Crippen LogP contribution in [0.4, 0.5) is 5.69 Å². The van der Waals surface area contributed by atoms with Crippen LogP contribution in [0.15, 0.2) is 59.6 Å². The summed E-state index contributed by atoms with van der Waals surface area (Å²) in [7, 11) is 5.15. The topological polar surface area (TPSA) is 69.2 Å². The second-order valence-corrected chi connectivity index (χ2v) is 7.57. The number of anilines is 1. The van der Waals surface area contributed by atoms with Crippen molar-refractivity contribution in [3.05, 3.63) is 60.2 Å². The van der Waals surface area contributed by atoms with Gasteiger partial charge in [0.15, 0.2) is 5.96 Å². The Morgan fingerprint density at radius 1 is 1.17 bits per heavy atom. The first-order valence-corrected chi connectivity index (χ1v) is 10.2. The molecule has 2 aromatic carbocycles. The molecule has 1 heterocycles. The third-order valence-electron chi connectivity index (χ3n) is 5.14. The summed E-state index contributed by atoms with van der Waals surface area (Å²) < 4.78 is 5.21. The summed E-state index contributed by atoms with van der Waals surface area (Å²) in [6.45, 7) is 2.61. The van der Waals surface area contributed by atoms with Crippen LogP contribution in [0.25, 0.3) is 0 Å². The zero-order chi connectivity index (χ0) is 21.3. The molecule has 7 nitrogen and oxygen atoms in total. The Labute approximate surface area is 178 Å². The average Bonchev–Trinajstić information content (AvgIpc) is 3.24. The Kier molecular flexibility index (Phi) is 7.54. The van der Waals surface area contributed by atoms with Gasteiger partial charge >= 0.3 is 0 Å². The fourth-order valence-corrected chi connectivity index (χ4v) is 3.32. The Balaban J connectivity index is 1.63. The minimum atomic E-state index is 0.00582. The number of methoxy groups -OCH3 is 1. The van der Waals surface area contributed by atoms with Gasteiger partial charge in [-0.25, -0.2) is 4.99 Å². The van der Waals surface area contributed by atoms with E-state index in [1.54, 1.807) is 26.1 Å². The summed E-state index contributed by atoms with van der Waals surface area (Å²) in [6.07, 6.45) is 1.01. The lowest BCUT2D eigenvalue weighted by molar-refractivity contribution is -0.127. The molecule has 0 spiro atoms. The van der Waals surface area contributed by atoms with E-state index in [9.17, 15) is 4.79 Å². The number of carbonyl (C=O) groups excluding carboxylic acids is 1. The quantitative estimate of drug-likeness (QED) is 0.541. The lowest BCUT2D eigenvalue weighted by Gasteiger charge is -2.21. The average molecular weight is 410 g/mol. The number of nitrogens with zero attached hydrogens (tertiary/aromatic N) is 3. The molecule has 0 aromatic heterocycles. The van der Waals surface area contributed by atoms with E-state index in [4.69, 9.17) is 9.73 Å². The number of amides is 1. The third-order valence-corrected chi connectivity index (χ3v) is 5.14. The molecule has 160 valence electrons. The van der Waals surface area contributed by atoms with E-state index >= 15 is 0 Å². The summed E-state index contributed by atoms with van der Waals surface area (Å²) in [5.41, 5.74) is 2.31. The van der Waals surface area contributed by atoms with Crippen LogP contribution in [0.5, 0.6) is 5.75 Å². The zero-order valence-electron chi connectivity index (χ0n) is 18.0. The molecule has 3 rings (SSSR count). The Hall–Kier alpha value is -3.22. The molecule has 2 aromatic rings. The number of ether oxygens (including phenoxy) is 1. The van der Waals surface area contributed by atoms with Gasteiger partial charge in [-0.1, -0.05) is 30.3 Å². The number of likely N-dealkylation sites (N-methyl/N-ethyl adjacent to an activating group) is 1. The molecule has 1 aliphatic heterocycles. The van der Waals surface area contributed by atoms with Gasteiger partial charge in [-0.3, -0.25) is 4.79 Å². The van der Waals surface area contributed by atoms with Gasteiger partial charge in [-0.15, -0.1) is 0 Å². The molecule has 1 unspecified atom stereocenters. The normalized spacial score (nSPS) is 16.3. The fourth-order valence-electron chi connectivity index (χ4n) is 3.32. The number of aliphatic imine (C=N–C) groups is 1. The van der Waals surface area contributed by atoms with E-state index in [2.05, 4.69) is 39.8 Å². The molecule has 2 N–H and O–H groups in total. The second-order valence-electron chi connectivity index (χ2n) is 7.57. The van der Waals surface area contributed by atoms with E-state index in [1.165, 1.54) is 5.69 Å². The van der Waals surface area contributed by atoms with Gasteiger partial charge in [0.25, 0.3) is 0 Å². The van der Waals surface area contributed by atoms with E-state index in [0.29, 0.717) is 12.5 Å². The molecule has 0 bridgehead atoms. The smallest absolute Gasteiger partial charge is 0.241 e. The summed E-state index contributed by atoms with van der Waals surface area (Å²) in [5.74, 6) is 1.48. The Morgan fingerprint density at radius 2 is 1.90 bits per heavy atom. The first kappa shape index (κ1) is 21.5. The van der Waals surface area contributed by atoms with Crippen molar-refractivity contribution >= 4 is 17.6 Å². The van der Waals surface area contributed by atoms with Gasteiger partial charge in [0.1, 0.15) is 5.75 Å². The van der Waals surface area contributed by atoms with Gasteiger partial charge in [0, 0.05) is 38.9 Å². The zero-order valence-corrected chi connectivity index (χ0v) is 18.0. The van der Waals surface area contributed by atoms with E-state index in [1.807, 2.05) is 30.3 Å². The fraction of sp³-hybridized carbons (Fsp3) is 0.391. The molecule has 1 atom stereocenters. The summed E-state index contributed by atoms with van der Waals surface area (Å²) in [6, 6.07) is 18.5. The number of hydrogen-bond acceptors (Lipinski definition) is 4. The molecular formula is C23H31N5O2. The lowest BCUT2D eigenvalue weighted by atomic mass is 10.2. The molecule has 1 aliphatic rings. The van der Waals surface area contributed by atoms with Crippen molar-refractivity contribution in [3.8, 4) is 5.75 Å². The molecule has 1 saturated heterocycles. The lowest BCUT2D eigenvalue weighted by Crippen LogP contribution is -2.47. The number of guanidine groups is 1. The standard InChI is InChI=1S/C23H31N5O2/c1-27(2)22(29)16-25-23(24-15-18-9-11-21(30-3)12-10-18)26-19-13-14-28(17-19)20-7-5-4-6-8-20/h4-12,19H,13-17H2,1-3H3,(H2,24,25,26). The minimum absolute atomic E-state index is 0.00582. The molecule has 0 saturated carbocycles. The number of benzene rings is 2. The van der Waals surface area contributed by atoms with Crippen LogP contribution in [-0.4, -0.2) is 63.6 Å². The molecule has 1 fully saturated rings. The summed E-state index contributed by atoms with van der Waals surface area (Å²) in [4.78, 5) is 20.7. The van der Waals surface area contributed by atoms with Crippen molar-refractivity contribution in [1.29, 1.82) is 0 Å². The monoisotopic (exact) mass is 409 g/mol. The van der Waals surface area contributed by atoms with Crippen LogP contribution < -0.4 is 20.3 Å². The summed E-state index contributed by atoms with van der Waals surface area (Å²) >= 11 is 0. The van der Waals surface area contributed by atoms with Crippen molar-refractivity contribution in [2.45, 2.75) is 19.0 Å². The van der Waals surface area contributed by atoms with Gasteiger partial charge in [-0.05, 0) is 36.2 Å².